The van der Waals surface area contributed by atoms with Gasteiger partial charge in [-0.3, -0.25) is 0 Å². The van der Waals surface area contributed by atoms with E-state index in [1.807, 2.05) is 0 Å². The number of hydrogen-bond donors (Lipinski definition) is 1. The first-order chi connectivity index (χ1) is 13.3. The average molecular weight is 359 g/mol. The summed E-state index contributed by atoms with van der Waals surface area (Å²) in [4.78, 5) is 0. The minimum Gasteiger partial charge on any atom is -0.343 e. The molecule has 0 unspecified atom stereocenters. The van der Waals surface area contributed by atoms with Crippen LogP contribution in [0.15, 0.2) is 66.4 Å². The summed E-state index contributed by atoms with van der Waals surface area (Å²) in [6.07, 6.45) is 11.3. The Hall–Kier alpha value is -2.32. The molecule has 0 spiro atoms. The van der Waals surface area contributed by atoms with Crippen LogP contribution in [0.3, 0.4) is 0 Å². The molecule has 2 nitrogen and oxygen atoms in total. The third kappa shape index (κ3) is 4.51. The van der Waals surface area contributed by atoms with E-state index in [0.717, 1.165) is 19.6 Å². The predicted molar refractivity (Wildman–Crippen MR) is 115 cm³/mol. The van der Waals surface area contributed by atoms with Gasteiger partial charge in [-0.25, -0.2) is 0 Å². The largest absolute Gasteiger partial charge is 0.343 e. The van der Waals surface area contributed by atoms with Crippen molar-refractivity contribution < 1.29 is 0 Å². The van der Waals surface area contributed by atoms with Gasteiger partial charge in [-0.05, 0) is 62.8 Å². The molecule has 1 N–H and O–H groups in total. The van der Waals surface area contributed by atoms with E-state index >= 15 is 0 Å². The topological polar surface area (TPSA) is 17.0 Å². The molecular formula is C25H30N2. The summed E-state index contributed by atoms with van der Waals surface area (Å²) < 4.78 is 2.39. The SMILES string of the molecule is Cc1ccc(Cn2cc(CNCCC3=CCCCC3)c3ccccc32)cc1. The molecule has 0 saturated heterocycles. The molecule has 0 atom stereocenters. The Kier molecular flexibility index (Phi) is 5.74. The lowest BCUT2D eigenvalue weighted by atomic mass is 9.97. The van der Waals surface area contributed by atoms with Crippen LogP contribution in [0.4, 0.5) is 0 Å². The Labute approximate surface area is 162 Å². The molecule has 4 rings (SSSR count). The second kappa shape index (κ2) is 8.58. The molecule has 0 fully saturated rings. The zero-order chi connectivity index (χ0) is 18.5. The number of fused-ring (bicyclic) bond motifs is 1. The standard InChI is InChI=1S/C25H30N2/c1-20-11-13-22(14-12-20)18-27-19-23(24-9-5-6-10-25(24)27)17-26-16-15-21-7-3-2-4-8-21/h5-7,9-14,19,26H,2-4,8,15-18H2,1H3. The van der Waals surface area contributed by atoms with E-state index in [4.69, 9.17) is 0 Å². The lowest BCUT2D eigenvalue weighted by molar-refractivity contribution is 0.632. The van der Waals surface area contributed by atoms with Gasteiger partial charge in [0, 0.05) is 30.2 Å². The maximum absolute atomic E-state index is 3.67. The third-order valence-electron chi connectivity index (χ3n) is 5.67. The van der Waals surface area contributed by atoms with Gasteiger partial charge in [0.2, 0.25) is 0 Å². The summed E-state index contributed by atoms with van der Waals surface area (Å²) in [6, 6.07) is 17.6. The van der Waals surface area contributed by atoms with Gasteiger partial charge in [0.15, 0.2) is 0 Å². The van der Waals surface area contributed by atoms with Crippen LogP contribution in [0, 0.1) is 6.92 Å². The fourth-order valence-corrected chi connectivity index (χ4v) is 4.09. The lowest BCUT2D eigenvalue weighted by Gasteiger charge is -2.12. The first-order valence-corrected chi connectivity index (χ1v) is 10.3. The van der Waals surface area contributed by atoms with Crippen molar-refractivity contribution in [1.82, 2.24) is 9.88 Å². The molecule has 0 bridgehead atoms. The van der Waals surface area contributed by atoms with Gasteiger partial charge in [-0.15, -0.1) is 0 Å². The van der Waals surface area contributed by atoms with E-state index in [0.29, 0.717) is 0 Å². The molecule has 0 amide bonds. The van der Waals surface area contributed by atoms with E-state index in [9.17, 15) is 0 Å². The zero-order valence-corrected chi connectivity index (χ0v) is 16.4. The quantitative estimate of drug-likeness (QED) is 0.406. The summed E-state index contributed by atoms with van der Waals surface area (Å²) in [7, 11) is 0. The van der Waals surface area contributed by atoms with Gasteiger partial charge >= 0.3 is 0 Å². The van der Waals surface area contributed by atoms with Crippen LogP contribution in [0.2, 0.25) is 0 Å². The molecule has 3 aromatic rings. The van der Waals surface area contributed by atoms with Crippen molar-refractivity contribution in [3.8, 4) is 0 Å². The third-order valence-corrected chi connectivity index (χ3v) is 5.67. The van der Waals surface area contributed by atoms with Crippen molar-refractivity contribution in [2.24, 2.45) is 0 Å². The highest BCUT2D eigenvalue weighted by molar-refractivity contribution is 5.84. The number of rotatable bonds is 7. The maximum atomic E-state index is 3.67. The van der Waals surface area contributed by atoms with Crippen LogP contribution in [0.1, 0.15) is 48.8 Å². The van der Waals surface area contributed by atoms with Crippen LogP contribution >= 0.6 is 0 Å². The number of hydrogen-bond acceptors (Lipinski definition) is 1. The summed E-state index contributed by atoms with van der Waals surface area (Å²) in [6.45, 7) is 5.08. The monoisotopic (exact) mass is 358 g/mol. The van der Waals surface area contributed by atoms with Gasteiger partial charge in [0.25, 0.3) is 0 Å². The molecule has 1 aliphatic rings. The van der Waals surface area contributed by atoms with Gasteiger partial charge in [-0.2, -0.15) is 0 Å². The first-order valence-electron chi connectivity index (χ1n) is 10.3. The van der Waals surface area contributed by atoms with Gasteiger partial charge < -0.3 is 9.88 Å². The molecule has 0 saturated carbocycles. The Morgan fingerprint density at radius 2 is 1.85 bits per heavy atom. The lowest BCUT2D eigenvalue weighted by Crippen LogP contribution is -2.15. The van der Waals surface area contributed by atoms with Crippen molar-refractivity contribution in [2.75, 3.05) is 6.54 Å². The molecule has 1 aliphatic carbocycles. The molecular weight excluding hydrogens is 328 g/mol. The highest BCUT2D eigenvalue weighted by atomic mass is 15.0. The number of aryl methyl sites for hydroxylation is 1. The Morgan fingerprint density at radius 3 is 2.67 bits per heavy atom. The molecule has 2 aromatic carbocycles. The van der Waals surface area contributed by atoms with E-state index in [1.54, 1.807) is 5.57 Å². The number of benzene rings is 2. The molecule has 0 aliphatic heterocycles. The fraction of sp³-hybridized carbons (Fsp3) is 0.360. The van der Waals surface area contributed by atoms with Crippen LogP contribution < -0.4 is 5.32 Å². The summed E-state index contributed by atoms with van der Waals surface area (Å²) in [5, 5.41) is 5.04. The second-order valence-corrected chi connectivity index (χ2v) is 7.82. The van der Waals surface area contributed by atoms with E-state index in [2.05, 4.69) is 77.6 Å². The minimum absolute atomic E-state index is 0.924. The number of aromatic nitrogens is 1. The molecule has 0 radical (unpaired) electrons. The summed E-state index contributed by atoms with van der Waals surface area (Å²) >= 11 is 0. The summed E-state index contributed by atoms with van der Waals surface area (Å²) in [5.41, 5.74) is 7.04. The number of nitrogens with zero attached hydrogens (tertiary/aromatic N) is 1. The Morgan fingerprint density at radius 1 is 1.00 bits per heavy atom. The molecule has 27 heavy (non-hydrogen) atoms. The smallest absolute Gasteiger partial charge is 0.0486 e. The summed E-state index contributed by atoms with van der Waals surface area (Å²) in [5.74, 6) is 0. The van der Waals surface area contributed by atoms with Crippen molar-refractivity contribution in [2.45, 2.75) is 52.1 Å². The van der Waals surface area contributed by atoms with Crippen LogP contribution in [0.25, 0.3) is 10.9 Å². The highest BCUT2D eigenvalue weighted by Gasteiger charge is 2.09. The molecule has 140 valence electrons. The molecule has 2 heteroatoms. The van der Waals surface area contributed by atoms with Crippen molar-refractivity contribution in [3.05, 3.63) is 83.1 Å². The predicted octanol–water partition coefficient (Wildman–Crippen LogP) is 5.98. The second-order valence-electron chi connectivity index (χ2n) is 7.82. The van der Waals surface area contributed by atoms with Gasteiger partial charge in [0.05, 0.1) is 0 Å². The number of nitrogens with one attached hydrogen (secondary N) is 1. The van der Waals surface area contributed by atoms with Crippen LogP contribution in [0.5, 0.6) is 0 Å². The van der Waals surface area contributed by atoms with Crippen LogP contribution in [-0.4, -0.2) is 11.1 Å². The number of allylic oxidation sites excluding steroid dienone is 1. The van der Waals surface area contributed by atoms with Gasteiger partial charge in [-0.1, -0.05) is 59.7 Å². The molecule has 1 aromatic heterocycles. The molecule has 1 heterocycles. The number of para-hydroxylation sites is 1. The highest BCUT2D eigenvalue weighted by Crippen LogP contribution is 2.23. The van der Waals surface area contributed by atoms with Crippen LogP contribution in [-0.2, 0) is 13.1 Å². The Bertz CT molecular complexity index is 915. The van der Waals surface area contributed by atoms with Crippen molar-refractivity contribution >= 4 is 10.9 Å². The fourth-order valence-electron chi connectivity index (χ4n) is 4.09. The van der Waals surface area contributed by atoms with E-state index in [-0.39, 0.29) is 0 Å². The average Bonchev–Trinajstić information content (AvgIpc) is 3.06. The van der Waals surface area contributed by atoms with E-state index < -0.39 is 0 Å². The Balaban J connectivity index is 1.44. The first kappa shape index (κ1) is 18.1. The van der Waals surface area contributed by atoms with E-state index in [1.165, 1.54) is 59.7 Å². The maximum Gasteiger partial charge on any atom is 0.0486 e. The van der Waals surface area contributed by atoms with Gasteiger partial charge in [0.1, 0.15) is 0 Å². The normalized spacial score (nSPS) is 14.5. The van der Waals surface area contributed by atoms with Crippen molar-refractivity contribution in [1.29, 1.82) is 0 Å². The minimum atomic E-state index is 0.924. The van der Waals surface area contributed by atoms with Crippen molar-refractivity contribution in [3.63, 3.8) is 0 Å². The zero-order valence-electron chi connectivity index (χ0n) is 16.4.